The molecular formula is C31H25FN2O4. The van der Waals surface area contributed by atoms with Gasteiger partial charge in [-0.15, -0.1) is 0 Å². The zero-order valence-electron chi connectivity index (χ0n) is 20.7. The van der Waals surface area contributed by atoms with Crippen molar-refractivity contribution in [3.8, 4) is 5.75 Å². The molecule has 3 aromatic carbocycles. The number of ketones is 1. The minimum atomic E-state index is -1.10. The number of hydrogen-bond acceptors (Lipinski definition) is 5. The van der Waals surface area contributed by atoms with Gasteiger partial charge in [-0.25, -0.2) is 4.39 Å². The average Bonchev–Trinajstić information content (AvgIpc) is 3.17. The van der Waals surface area contributed by atoms with E-state index in [1.165, 1.54) is 23.1 Å². The number of nitrogens with zero attached hydrogens (tertiary/aromatic N) is 2. The molecule has 1 unspecified atom stereocenters. The van der Waals surface area contributed by atoms with Crippen LogP contribution in [-0.4, -0.2) is 26.7 Å². The summed E-state index contributed by atoms with van der Waals surface area (Å²) in [7, 11) is 0. The molecule has 0 aliphatic carbocycles. The third-order valence-electron chi connectivity index (χ3n) is 6.43. The van der Waals surface area contributed by atoms with Crippen LogP contribution in [0.3, 0.4) is 0 Å². The summed E-state index contributed by atoms with van der Waals surface area (Å²) in [6.45, 7) is 2.41. The number of aliphatic hydroxyl groups excluding tert-OH is 1. The average molecular weight is 509 g/mol. The third kappa shape index (κ3) is 5.04. The van der Waals surface area contributed by atoms with Crippen molar-refractivity contribution in [3.63, 3.8) is 0 Å². The van der Waals surface area contributed by atoms with Gasteiger partial charge in [-0.2, -0.15) is 0 Å². The van der Waals surface area contributed by atoms with Crippen LogP contribution in [-0.2, 0) is 22.7 Å². The van der Waals surface area contributed by atoms with Gasteiger partial charge in [-0.3, -0.25) is 14.6 Å². The molecule has 38 heavy (non-hydrogen) atoms. The van der Waals surface area contributed by atoms with Crippen molar-refractivity contribution in [2.75, 3.05) is 0 Å². The number of carbonyl (C=O) groups is 2. The van der Waals surface area contributed by atoms with Gasteiger partial charge in [0.1, 0.15) is 23.9 Å². The number of rotatable bonds is 7. The Morgan fingerprint density at radius 2 is 1.74 bits per heavy atom. The lowest BCUT2D eigenvalue weighted by Crippen LogP contribution is -2.29. The number of pyridine rings is 1. The van der Waals surface area contributed by atoms with E-state index in [0.717, 1.165) is 11.1 Å². The number of halogens is 1. The molecule has 6 nitrogen and oxygen atoms in total. The van der Waals surface area contributed by atoms with Crippen molar-refractivity contribution in [2.24, 2.45) is 0 Å². The van der Waals surface area contributed by atoms with Gasteiger partial charge in [0, 0.05) is 30.1 Å². The van der Waals surface area contributed by atoms with Crippen molar-refractivity contribution in [1.82, 2.24) is 9.88 Å². The monoisotopic (exact) mass is 508 g/mol. The number of Topliss-reactive ketones (excluding diaryl/α,β-unsaturated/α-hetero) is 1. The Labute approximate surface area is 219 Å². The van der Waals surface area contributed by atoms with Gasteiger partial charge in [-0.1, -0.05) is 54.1 Å². The maximum Gasteiger partial charge on any atom is 0.295 e. The quantitative estimate of drug-likeness (QED) is 0.196. The normalized spacial score (nSPS) is 16.6. The first-order valence-electron chi connectivity index (χ1n) is 12.1. The van der Waals surface area contributed by atoms with Crippen LogP contribution in [0.4, 0.5) is 4.39 Å². The van der Waals surface area contributed by atoms with E-state index in [1.54, 1.807) is 54.9 Å². The SMILES string of the molecule is Cc1cccc(COc2ccc(C(O)=C3C(=O)C(=O)N(Cc4cccnc4)C3c3ccccc3F)cc2)c1. The van der Waals surface area contributed by atoms with E-state index < -0.39 is 23.5 Å². The van der Waals surface area contributed by atoms with Gasteiger partial charge in [0.05, 0.1) is 11.6 Å². The molecule has 0 bridgehead atoms. The van der Waals surface area contributed by atoms with E-state index in [0.29, 0.717) is 23.5 Å². The fraction of sp³-hybridized carbons (Fsp3) is 0.129. The molecule has 1 aliphatic rings. The molecule has 2 heterocycles. The van der Waals surface area contributed by atoms with Gasteiger partial charge in [-0.05, 0) is 54.4 Å². The van der Waals surface area contributed by atoms with Crippen LogP contribution >= 0.6 is 0 Å². The van der Waals surface area contributed by atoms with E-state index in [1.807, 2.05) is 31.2 Å². The Balaban J connectivity index is 1.48. The fourth-order valence-corrected chi connectivity index (χ4v) is 4.58. The first-order valence-corrected chi connectivity index (χ1v) is 12.1. The van der Waals surface area contributed by atoms with Crippen molar-refractivity contribution in [2.45, 2.75) is 26.1 Å². The second kappa shape index (κ2) is 10.7. The van der Waals surface area contributed by atoms with E-state index >= 15 is 0 Å². The molecule has 0 saturated carbocycles. The van der Waals surface area contributed by atoms with Crippen LogP contribution in [0, 0.1) is 12.7 Å². The molecule has 0 radical (unpaired) electrons. The summed E-state index contributed by atoms with van der Waals surface area (Å²) in [5, 5.41) is 11.2. The predicted octanol–water partition coefficient (Wildman–Crippen LogP) is 5.73. The van der Waals surface area contributed by atoms with Gasteiger partial charge in [0.15, 0.2) is 0 Å². The Bertz CT molecular complexity index is 1520. The van der Waals surface area contributed by atoms with Crippen LogP contribution in [0.2, 0.25) is 0 Å². The number of amides is 1. The summed E-state index contributed by atoms with van der Waals surface area (Å²) in [6, 6.07) is 22.9. The number of carbonyl (C=O) groups excluding carboxylic acids is 2. The Morgan fingerprint density at radius 3 is 2.45 bits per heavy atom. The highest BCUT2D eigenvalue weighted by Gasteiger charge is 2.46. The molecule has 1 saturated heterocycles. The Morgan fingerprint density at radius 1 is 0.974 bits per heavy atom. The largest absolute Gasteiger partial charge is 0.507 e. The van der Waals surface area contributed by atoms with Crippen molar-refractivity contribution >= 4 is 17.4 Å². The molecule has 7 heteroatoms. The number of ether oxygens (including phenoxy) is 1. The first kappa shape index (κ1) is 24.9. The molecule has 190 valence electrons. The minimum absolute atomic E-state index is 0.0277. The molecule has 1 aromatic heterocycles. The molecule has 1 fully saturated rings. The van der Waals surface area contributed by atoms with Crippen LogP contribution < -0.4 is 4.74 Å². The highest BCUT2D eigenvalue weighted by molar-refractivity contribution is 6.46. The van der Waals surface area contributed by atoms with Crippen LogP contribution in [0.25, 0.3) is 5.76 Å². The highest BCUT2D eigenvalue weighted by Crippen LogP contribution is 2.41. The number of benzene rings is 3. The van der Waals surface area contributed by atoms with Gasteiger partial charge >= 0.3 is 0 Å². The number of likely N-dealkylation sites (tertiary alicyclic amines) is 1. The minimum Gasteiger partial charge on any atom is -0.507 e. The smallest absolute Gasteiger partial charge is 0.295 e. The predicted molar refractivity (Wildman–Crippen MR) is 140 cm³/mol. The number of hydrogen-bond donors (Lipinski definition) is 1. The Kier molecular flexibility index (Phi) is 7.00. The summed E-state index contributed by atoms with van der Waals surface area (Å²) in [5.41, 5.74) is 3.10. The second-order valence-electron chi connectivity index (χ2n) is 9.11. The molecule has 4 aromatic rings. The topological polar surface area (TPSA) is 79.7 Å². The lowest BCUT2D eigenvalue weighted by atomic mass is 9.94. The standard InChI is InChI=1S/C31H25FN2O4/c1-20-6-4-7-21(16-20)19-38-24-13-11-23(12-14-24)29(35)27-28(25-9-2-3-10-26(25)32)34(31(37)30(27)36)18-22-8-5-15-33-17-22/h2-17,28,35H,18-19H2,1H3. The third-order valence-corrected chi connectivity index (χ3v) is 6.43. The first-order chi connectivity index (χ1) is 18.4. The zero-order chi connectivity index (χ0) is 26.6. The molecule has 1 N–H and O–H groups in total. The second-order valence-corrected chi connectivity index (χ2v) is 9.11. The molecule has 5 rings (SSSR count). The summed E-state index contributed by atoms with van der Waals surface area (Å²) in [4.78, 5) is 31.6. The van der Waals surface area contributed by atoms with Crippen LogP contribution in [0.5, 0.6) is 5.75 Å². The lowest BCUT2D eigenvalue weighted by Gasteiger charge is -2.25. The summed E-state index contributed by atoms with van der Waals surface area (Å²) in [6.07, 6.45) is 3.17. The van der Waals surface area contributed by atoms with Crippen molar-refractivity contribution in [1.29, 1.82) is 0 Å². The van der Waals surface area contributed by atoms with E-state index in [9.17, 15) is 19.1 Å². The fourth-order valence-electron chi connectivity index (χ4n) is 4.58. The maximum absolute atomic E-state index is 15.0. The number of aryl methyl sites for hydroxylation is 1. The van der Waals surface area contributed by atoms with Gasteiger partial charge in [0.25, 0.3) is 11.7 Å². The highest BCUT2D eigenvalue weighted by atomic mass is 19.1. The molecule has 1 amide bonds. The van der Waals surface area contributed by atoms with Crippen molar-refractivity contribution < 1.29 is 23.8 Å². The summed E-state index contributed by atoms with van der Waals surface area (Å²) >= 11 is 0. The summed E-state index contributed by atoms with van der Waals surface area (Å²) in [5.74, 6) is -2.08. The summed E-state index contributed by atoms with van der Waals surface area (Å²) < 4.78 is 20.8. The number of aromatic nitrogens is 1. The van der Waals surface area contributed by atoms with E-state index in [-0.39, 0.29) is 23.4 Å². The zero-order valence-corrected chi connectivity index (χ0v) is 20.7. The van der Waals surface area contributed by atoms with E-state index in [4.69, 9.17) is 4.74 Å². The molecule has 0 spiro atoms. The van der Waals surface area contributed by atoms with Crippen LogP contribution in [0.15, 0.2) is 103 Å². The number of aliphatic hydroxyl groups is 1. The molecule has 1 atom stereocenters. The maximum atomic E-state index is 15.0. The van der Waals surface area contributed by atoms with Crippen molar-refractivity contribution in [3.05, 3.63) is 137 Å². The lowest BCUT2D eigenvalue weighted by molar-refractivity contribution is -0.140. The van der Waals surface area contributed by atoms with Gasteiger partial charge in [0.2, 0.25) is 0 Å². The Hall–Kier alpha value is -4.78. The molecular weight excluding hydrogens is 483 g/mol. The van der Waals surface area contributed by atoms with Crippen LogP contribution in [0.1, 0.15) is 33.9 Å². The van der Waals surface area contributed by atoms with E-state index in [2.05, 4.69) is 4.98 Å². The van der Waals surface area contributed by atoms with Gasteiger partial charge < -0.3 is 14.7 Å². The molecule has 1 aliphatic heterocycles.